The van der Waals surface area contributed by atoms with E-state index in [4.69, 9.17) is 0 Å². The summed E-state index contributed by atoms with van der Waals surface area (Å²) in [6, 6.07) is 0. The highest BCUT2D eigenvalue weighted by Gasteiger charge is 2.12. The van der Waals surface area contributed by atoms with Crippen LogP contribution in [0.25, 0.3) is 0 Å². The average molecular weight is 162 g/mol. The Morgan fingerprint density at radius 3 is 1.83 bits per heavy atom. The Hall–Kier alpha value is -1.11. The molecule has 0 heterocycles. The van der Waals surface area contributed by atoms with Crippen LogP contribution < -0.4 is 0 Å². The van der Waals surface area contributed by atoms with E-state index in [1.165, 1.54) is 11.1 Å². The number of ketones is 1. The van der Waals surface area contributed by atoms with Crippen LogP contribution in [-0.2, 0) is 4.79 Å². The number of allylic oxidation sites excluding steroid dienone is 6. The van der Waals surface area contributed by atoms with E-state index in [9.17, 15) is 4.79 Å². The van der Waals surface area contributed by atoms with E-state index in [1.807, 2.05) is 26.0 Å². The monoisotopic (exact) mass is 162 g/mol. The summed E-state index contributed by atoms with van der Waals surface area (Å²) in [7, 11) is 0. The molecule has 0 bridgehead atoms. The zero-order chi connectivity index (χ0) is 9.30. The number of hydrogen-bond donors (Lipinski definition) is 0. The maximum Gasteiger partial charge on any atom is 0.184 e. The number of carbonyl (C=O) groups is 1. The van der Waals surface area contributed by atoms with E-state index in [1.54, 1.807) is 0 Å². The average Bonchev–Trinajstić information content (AvgIpc) is 1.99. The lowest BCUT2D eigenvalue weighted by Gasteiger charge is -2.10. The molecule has 1 aliphatic rings. The molecule has 64 valence electrons. The fourth-order valence-corrected chi connectivity index (χ4v) is 1.24. The summed E-state index contributed by atoms with van der Waals surface area (Å²) in [5.41, 5.74) is 4.10. The third kappa shape index (κ3) is 1.55. The van der Waals surface area contributed by atoms with Gasteiger partial charge in [-0.3, -0.25) is 4.79 Å². The van der Waals surface area contributed by atoms with Crippen LogP contribution in [0.15, 0.2) is 34.4 Å². The van der Waals surface area contributed by atoms with Crippen molar-refractivity contribution in [2.24, 2.45) is 0 Å². The number of hydrogen-bond acceptors (Lipinski definition) is 1. The van der Waals surface area contributed by atoms with E-state index in [2.05, 4.69) is 13.8 Å². The second kappa shape index (κ2) is 3.10. The van der Waals surface area contributed by atoms with Crippen molar-refractivity contribution in [2.75, 3.05) is 0 Å². The van der Waals surface area contributed by atoms with Crippen LogP contribution in [-0.4, -0.2) is 5.78 Å². The molecular weight excluding hydrogens is 148 g/mol. The summed E-state index contributed by atoms with van der Waals surface area (Å²) >= 11 is 0. The molecule has 1 heteroatoms. The van der Waals surface area contributed by atoms with Crippen molar-refractivity contribution in [1.82, 2.24) is 0 Å². The third-order valence-electron chi connectivity index (χ3n) is 2.04. The molecule has 0 unspecified atom stereocenters. The first-order valence-electron chi connectivity index (χ1n) is 4.11. The van der Waals surface area contributed by atoms with Gasteiger partial charge in [0.1, 0.15) is 0 Å². The third-order valence-corrected chi connectivity index (χ3v) is 2.04. The molecule has 0 aromatic heterocycles. The highest BCUT2D eigenvalue weighted by Crippen LogP contribution is 2.20. The summed E-state index contributed by atoms with van der Waals surface area (Å²) < 4.78 is 0. The molecule has 0 spiro atoms. The molecule has 1 aliphatic carbocycles. The standard InChI is InChI=1S/C11H14O/c1-7(2)10-5-8(3)11(12)9(4)6-10/h5-6H,1-4H3. The molecule has 0 saturated heterocycles. The van der Waals surface area contributed by atoms with Crippen LogP contribution in [0.4, 0.5) is 0 Å². The minimum absolute atomic E-state index is 0.167. The van der Waals surface area contributed by atoms with Gasteiger partial charge in [0.15, 0.2) is 5.78 Å². The molecule has 0 N–H and O–H groups in total. The van der Waals surface area contributed by atoms with Gasteiger partial charge in [0.05, 0.1) is 0 Å². The summed E-state index contributed by atoms with van der Waals surface area (Å²) in [4.78, 5) is 11.3. The summed E-state index contributed by atoms with van der Waals surface area (Å²) in [6.45, 7) is 7.83. The van der Waals surface area contributed by atoms with Gasteiger partial charge < -0.3 is 0 Å². The summed E-state index contributed by atoms with van der Waals surface area (Å²) in [6.07, 6.45) is 3.90. The molecular formula is C11H14O. The zero-order valence-corrected chi connectivity index (χ0v) is 8.06. The number of carbonyl (C=O) groups excluding carboxylic acids is 1. The molecule has 1 rings (SSSR count). The van der Waals surface area contributed by atoms with Crippen molar-refractivity contribution in [1.29, 1.82) is 0 Å². The van der Waals surface area contributed by atoms with Crippen molar-refractivity contribution in [3.63, 3.8) is 0 Å². The topological polar surface area (TPSA) is 17.1 Å². The van der Waals surface area contributed by atoms with Crippen molar-refractivity contribution in [3.05, 3.63) is 34.4 Å². The van der Waals surface area contributed by atoms with E-state index >= 15 is 0 Å². The minimum Gasteiger partial charge on any atom is -0.289 e. The van der Waals surface area contributed by atoms with Gasteiger partial charge in [0.2, 0.25) is 0 Å². The van der Waals surface area contributed by atoms with Crippen LogP contribution in [0, 0.1) is 0 Å². The van der Waals surface area contributed by atoms with Gasteiger partial charge in [-0.2, -0.15) is 0 Å². The first-order valence-corrected chi connectivity index (χ1v) is 4.11. The van der Waals surface area contributed by atoms with Gasteiger partial charge in [-0.1, -0.05) is 5.57 Å². The van der Waals surface area contributed by atoms with E-state index < -0.39 is 0 Å². The molecule has 0 atom stereocenters. The molecule has 0 fully saturated rings. The molecule has 0 aliphatic heterocycles. The van der Waals surface area contributed by atoms with Crippen molar-refractivity contribution in [2.45, 2.75) is 27.7 Å². The number of rotatable bonds is 0. The Kier molecular flexibility index (Phi) is 2.32. The smallest absolute Gasteiger partial charge is 0.184 e. The molecule has 0 radical (unpaired) electrons. The predicted octanol–water partition coefficient (Wildman–Crippen LogP) is 2.80. The van der Waals surface area contributed by atoms with Gasteiger partial charge >= 0.3 is 0 Å². The van der Waals surface area contributed by atoms with Crippen LogP contribution in [0.5, 0.6) is 0 Å². The summed E-state index contributed by atoms with van der Waals surface area (Å²) in [5, 5.41) is 0. The second-order valence-electron chi connectivity index (χ2n) is 3.44. The maximum absolute atomic E-state index is 11.3. The van der Waals surface area contributed by atoms with Gasteiger partial charge in [-0.05, 0) is 56.6 Å². The van der Waals surface area contributed by atoms with Crippen molar-refractivity contribution < 1.29 is 4.79 Å². The van der Waals surface area contributed by atoms with Crippen LogP contribution in [0.3, 0.4) is 0 Å². The first kappa shape index (κ1) is 8.98. The van der Waals surface area contributed by atoms with Crippen molar-refractivity contribution >= 4 is 5.78 Å². The van der Waals surface area contributed by atoms with Gasteiger partial charge in [-0.25, -0.2) is 0 Å². The Morgan fingerprint density at radius 1 is 1.08 bits per heavy atom. The zero-order valence-electron chi connectivity index (χ0n) is 8.06. The summed E-state index contributed by atoms with van der Waals surface area (Å²) in [5.74, 6) is 0.167. The van der Waals surface area contributed by atoms with Crippen LogP contribution in [0.1, 0.15) is 27.7 Å². The Balaban J connectivity index is 3.17. The quantitative estimate of drug-likeness (QED) is 0.535. The van der Waals surface area contributed by atoms with E-state index in [-0.39, 0.29) is 5.78 Å². The van der Waals surface area contributed by atoms with Gasteiger partial charge in [0.25, 0.3) is 0 Å². The Bertz CT molecular complexity index is 286. The van der Waals surface area contributed by atoms with Gasteiger partial charge in [-0.15, -0.1) is 0 Å². The predicted molar refractivity (Wildman–Crippen MR) is 50.9 cm³/mol. The lowest BCUT2D eigenvalue weighted by molar-refractivity contribution is -0.112. The molecule has 1 nitrogen and oxygen atoms in total. The highest BCUT2D eigenvalue weighted by atomic mass is 16.1. The number of Topliss-reactive ketones (excluding diaryl/α,β-unsaturated/α-hetero) is 1. The molecule has 0 amide bonds. The largest absolute Gasteiger partial charge is 0.289 e. The van der Waals surface area contributed by atoms with Crippen LogP contribution in [0.2, 0.25) is 0 Å². The normalized spacial score (nSPS) is 17.3. The van der Waals surface area contributed by atoms with Crippen molar-refractivity contribution in [3.8, 4) is 0 Å². The minimum atomic E-state index is 0.167. The Labute approximate surface area is 73.5 Å². The fourth-order valence-electron chi connectivity index (χ4n) is 1.24. The van der Waals surface area contributed by atoms with Crippen LogP contribution >= 0.6 is 0 Å². The van der Waals surface area contributed by atoms with Gasteiger partial charge in [0, 0.05) is 0 Å². The fraction of sp³-hybridized carbons (Fsp3) is 0.364. The Morgan fingerprint density at radius 2 is 1.50 bits per heavy atom. The first-order chi connectivity index (χ1) is 5.52. The lowest BCUT2D eigenvalue weighted by atomic mass is 9.94. The molecule has 0 aromatic rings. The van der Waals surface area contributed by atoms with E-state index in [0.29, 0.717) is 0 Å². The maximum atomic E-state index is 11.3. The SMILES string of the molecule is CC1=CC(=C(C)C)C=C(C)C1=O. The second-order valence-corrected chi connectivity index (χ2v) is 3.44. The molecule has 12 heavy (non-hydrogen) atoms. The lowest BCUT2D eigenvalue weighted by Crippen LogP contribution is -2.06. The van der Waals surface area contributed by atoms with E-state index in [0.717, 1.165) is 11.1 Å². The highest BCUT2D eigenvalue weighted by molar-refractivity contribution is 6.09. The molecule has 0 aromatic carbocycles. The molecule has 0 saturated carbocycles.